The first-order valence-corrected chi connectivity index (χ1v) is 12.3. The van der Waals surface area contributed by atoms with E-state index in [1.165, 1.54) is 6.20 Å². The number of carbonyl (C=O) groups excluding carboxylic acids is 1. The lowest BCUT2D eigenvalue weighted by molar-refractivity contribution is -0.125. The maximum atomic E-state index is 13.1. The molecule has 2 N–H and O–H groups in total. The first kappa shape index (κ1) is 27.0. The maximum absolute atomic E-state index is 13.1. The summed E-state index contributed by atoms with van der Waals surface area (Å²) in [6, 6.07) is 9.27. The van der Waals surface area contributed by atoms with Crippen molar-refractivity contribution >= 4 is 22.6 Å². The fraction of sp³-hybridized carbons (Fsp3) is 0.345. The minimum absolute atomic E-state index is 0.111. The van der Waals surface area contributed by atoms with E-state index < -0.39 is 0 Å². The van der Waals surface area contributed by atoms with Gasteiger partial charge in [-0.2, -0.15) is 15.6 Å². The van der Waals surface area contributed by atoms with Crippen LogP contribution >= 0.6 is 0 Å². The molecule has 1 aliphatic rings. The largest absolute Gasteiger partial charge is 0.497 e. The molecule has 0 saturated carbocycles. The molecule has 1 amide bonds. The summed E-state index contributed by atoms with van der Waals surface area (Å²) in [5, 5.41) is 24.7. The summed E-state index contributed by atoms with van der Waals surface area (Å²) in [6.45, 7) is 6.58. The highest BCUT2D eigenvalue weighted by molar-refractivity contribution is 5.98. The number of nitrogen functional groups attached to an aromatic ring is 1. The molecule has 1 saturated heterocycles. The molecule has 39 heavy (non-hydrogen) atoms. The van der Waals surface area contributed by atoms with E-state index in [2.05, 4.69) is 22.9 Å². The molecule has 3 aromatic rings. The van der Waals surface area contributed by atoms with Crippen LogP contribution in [0.1, 0.15) is 50.1 Å². The minimum Gasteiger partial charge on any atom is -0.497 e. The third-order valence-corrected chi connectivity index (χ3v) is 6.28. The maximum Gasteiger partial charge on any atom is 0.264 e. The van der Waals surface area contributed by atoms with E-state index >= 15 is 0 Å². The van der Waals surface area contributed by atoms with Crippen LogP contribution in [0.25, 0.3) is 10.9 Å². The molecule has 1 fully saturated rings. The number of carbonyl (C=O) groups is 1. The summed E-state index contributed by atoms with van der Waals surface area (Å²) < 4.78 is 12.4. The van der Waals surface area contributed by atoms with Crippen molar-refractivity contribution in [1.29, 1.82) is 10.5 Å². The molecule has 2 aromatic heterocycles. The standard InChI is InChI=1S/C29H29N7O3/c1-29(2,3)13-19(14-30)28(37)35-9-8-21(17-35)36-26-20(15-31)16-33-27(32)25(26)24(34-36)7-6-18-10-22(38-4)12-23(11-18)39-5/h10-13,16,21H,8-9,17H2,1-5H3,(H2,32,33)/b19-13+/t21-/m0/s1. The van der Waals surface area contributed by atoms with Gasteiger partial charge in [-0.05, 0) is 29.9 Å². The van der Waals surface area contributed by atoms with E-state index in [-0.39, 0.29) is 28.8 Å². The van der Waals surface area contributed by atoms with Gasteiger partial charge >= 0.3 is 0 Å². The predicted molar refractivity (Wildman–Crippen MR) is 146 cm³/mol. The summed E-state index contributed by atoms with van der Waals surface area (Å²) >= 11 is 0. The number of rotatable bonds is 4. The Bertz CT molecular complexity index is 1600. The number of nitrogens with two attached hydrogens (primary N) is 1. The Morgan fingerprint density at radius 2 is 1.85 bits per heavy atom. The van der Waals surface area contributed by atoms with Crippen molar-refractivity contribution in [1.82, 2.24) is 19.7 Å². The molecule has 1 atom stereocenters. The third kappa shape index (κ3) is 5.63. The van der Waals surface area contributed by atoms with Gasteiger partial charge < -0.3 is 20.1 Å². The summed E-state index contributed by atoms with van der Waals surface area (Å²) in [5.74, 6) is 7.22. The number of nitrogens with zero attached hydrogens (tertiary/aromatic N) is 6. The molecule has 0 aliphatic carbocycles. The van der Waals surface area contributed by atoms with Gasteiger partial charge in [-0.3, -0.25) is 9.48 Å². The summed E-state index contributed by atoms with van der Waals surface area (Å²) in [5.41, 5.74) is 7.88. The number of hydrogen-bond acceptors (Lipinski definition) is 8. The van der Waals surface area contributed by atoms with Crippen LogP contribution in [-0.2, 0) is 4.79 Å². The molecular weight excluding hydrogens is 494 g/mol. The number of allylic oxidation sites excluding steroid dienone is 1. The Kier molecular flexibility index (Phi) is 7.47. The highest BCUT2D eigenvalue weighted by Crippen LogP contribution is 2.32. The van der Waals surface area contributed by atoms with E-state index in [4.69, 9.17) is 20.3 Å². The van der Waals surface area contributed by atoms with E-state index in [9.17, 15) is 15.3 Å². The van der Waals surface area contributed by atoms with Gasteiger partial charge in [0, 0.05) is 30.9 Å². The molecule has 0 unspecified atom stereocenters. The van der Waals surface area contributed by atoms with Gasteiger partial charge in [-0.1, -0.05) is 32.8 Å². The summed E-state index contributed by atoms with van der Waals surface area (Å²) in [6.07, 6.45) is 3.69. The molecule has 0 spiro atoms. The average molecular weight is 524 g/mol. The Balaban J connectivity index is 1.76. The van der Waals surface area contributed by atoms with Crippen molar-refractivity contribution in [2.75, 3.05) is 33.0 Å². The Morgan fingerprint density at radius 3 is 2.44 bits per heavy atom. The van der Waals surface area contributed by atoms with Gasteiger partial charge in [0.05, 0.1) is 36.7 Å². The van der Waals surface area contributed by atoms with E-state index in [0.29, 0.717) is 58.7 Å². The number of pyridine rings is 1. The molecule has 0 radical (unpaired) electrons. The zero-order valence-electron chi connectivity index (χ0n) is 22.6. The highest BCUT2D eigenvalue weighted by atomic mass is 16.5. The van der Waals surface area contributed by atoms with Crippen LogP contribution in [0.4, 0.5) is 5.82 Å². The van der Waals surface area contributed by atoms with Crippen molar-refractivity contribution in [3.8, 4) is 35.5 Å². The third-order valence-electron chi connectivity index (χ3n) is 6.28. The topological polar surface area (TPSA) is 143 Å². The number of ether oxygens (including phenoxy) is 2. The van der Waals surface area contributed by atoms with Crippen molar-refractivity contribution in [2.24, 2.45) is 5.41 Å². The second-order valence-electron chi connectivity index (χ2n) is 10.3. The number of benzene rings is 1. The average Bonchev–Trinajstić information content (AvgIpc) is 3.55. The van der Waals surface area contributed by atoms with Gasteiger partial charge in [0.25, 0.3) is 5.91 Å². The van der Waals surface area contributed by atoms with Gasteiger partial charge in [-0.25, -0.2) is 4.98 Å². The zero-order chi connectivity index (χ0) is 28.3. The molecule has 3 heterocycles. The first-order valence-electron chi connectivity index (χ1n) is 12.3. The lowest BCUT2D eigenvalue weighted by atomic mass is 9.93. The van der Waals surface area contributed by atoms with E-state index in [1.807, 2.05) is 26.8 Å². The van der Waals surface area contributed by atoms with Crippen LogP contribution < -0.4 is 15.2 Å². The number of anilines is 1. The Hall–Kier alpha value is -5.01. The van der Waals surface area contributed by atoms with Gasteiger partial charge in [-0.15, -0.1) is 0 Å². The van der Waals surface area contributed by atoms with E-state index in [1.54, 1.807) is 48.1 Å². The predicted octanol–water partition coefficient (Wildman–Crippen LogP) is 3.57. The number of nitriles is 2. The monoisotopic (exact) mass is 523 g/mol. The number of methoxy groups -OCH3 is 2. The first-order chi connectivity index (χ1) is 18.6. The van der Waals surface area contributed by atoms with Crippen LogP contribution in [0, 0.1) is 39.9 Å². The quantitative estimate of drug-likeness (QED) is 0.311. The molecule has 10 heteroatoms. The molecule has 4 rings (SSSR count). The van der Waals surface area contributed by atoms with E-state index in [0.717, 1.165) is 0 Å². The lowest BCUT2D eigenvalue weighted by Gasteiger charge is -2.19. The molecule has 1 aromatic carbocycles. The summed E-state index contributed by atoms with van der Waals surface area (Å²) in [4.78, 5) is 18.9. The Labute approximate surface area is 227 Å². The van der Waals surface area contributed by atoms with Crippen molar-refractivity contribution in [3.05, 3.63) is 52.9 Å². The number of amides is 1. The number of likely N-dealkylation sites (tertiary alicyclic amines) is 1. The number of aromatic nitrogens is 3. The van der Waals surface area contributed by atoms with Gasteiger partial charge in [0.2, 0.25) is 0 Å². The van der Waals surface area contributed by atoms with Gasteiger partial charge in [0.15, 0.2) is 0 Å². The van der Waals surface area contributed by atoms with Crippen LogP contribution in [-0.4, -0.2) is 52.9 Å². The fourth-order valence-electron chi connectivity index (χ4n) is 4.51. The van der Waals surface area contributed by atoms with Crippen molar-refractivity contribution < 1.29 is 14.3 Å². The second-order valence-corrected chi connectivity index (χ2v) is 10.3. The lowest BCUT2D eigenvalue weighted by Crippen LogP contribution is -2.30. The highest BCUT2D eigenvalue weighted by Gasteiger charge is 2.32. The van der Waals surface area contributed by atoms with Crippen LogP contribution in [0.5, 0.6) is 11.5 Å². The van der Waals surface area contributed by atoms with Gasteiger partial charge in [0.1, 0.15) is 40.7 Å². The zero-order valence-corrected chi connectivity index (χ0v) is 22.6. The number of fused-ring (bicyclic) bond motifs is 1. The summed E-state index contributed by atoms with van der Waals surface area (Å²) in [7, 11) is 3.12. The molecule has 1 aliphatic heterocycles. The minimum atomic E-state index is -0.319. The molecule has 10 nitrogen and oxygen atoms in total. The molecule has 0 bridgehead atoms. The smallest absolute Gasteiger partial charge is 0.264 e. The molecule has 198 valence electrons. The van der Waals surface area contributed by atoms with Crippen LogP contribution in [0.2, 0.25) is 0 Å². The van der Waals surface area contributed by atoms with Crippen molar-refractivity contribution in [2.45, 2.75) is 33.2 Å². The fourth-order valence-corrected chi connectivity index (χ4v) is 4.51. The molecular formula is C29H29N7O3. The normalized spacial score (nSPS) is 15.3. The number of hydrogen-bond donors (Lipinski definition) is 1. The van der Waals surface area contributed by atoms with Crippen LogP contribution in [0.3, 0.4) is 0 Å². The van der Waals surface area contributed by atoms with Crippen LogP contribution in [0.15, 0.2) is 36.0 Å². The van der Waals surface area contributed by atoms with Crippen molar-refractivity contribution in [3.63, 3.8) is 0 Å². The SMILES string of the molecule is COc1cc(C#Cc2nn([C@H]3CCN(C(=O)/C(C#N)=C/C(C)(C)C)C3)c3c(C#N)cnc(N)c23)cc(OC)c1. The Morgan fingerprint density at radius 1 is 1.15 bits per heavy atom. The second kappa shape index (κ2) is 10.8.